The maximum atomic E-state index is 12.5. The number of nitrogens with zero attached hydrogens (tertiary/aromatic N) is 2. The summed E-state index contributed by atoms with van der Waals surface area (Å²) in [7, 11) is 0. The van der Waals surface area contributed by atoms with Crippen molar-refractivity contribution in [1.29, 1.82) is 0 Å². The second-order valence-corrected chi connectivity index (χ2v) is 7.64. The molecule has 0 aliphatic carbocycles. The van der Waals surface area contributed by atoms with E-state index < -0.39 is 0 Å². The van der Waals surface area contributed by atoms with Gasteiger partial charge in [0.15, 0.2) is 11.5 Å². The van der Waals surface area contributed by atoms with Gasteiger partial charge in [0.05, 0.1) is 5.56 Å². The average molecular weight is 416 g/mol. The van der Waals surface area contributed by atoms with Crippen LogP contribution in [0.2, 0.25) is 0 Å². The quantitative estimate of drug-likeness (QED) is 0.666. The molecule has 5 rings (SSSR count). The summed E-state index contributed by atoms with van der Waals surface area (Å²) < 4.78 is 10.7. The van der Waals surface area contributed by atoms with Gasteiger partial charge in [0, 0.05) is 38.4 Å². The van der Waals surface area contributed by atoms with Gasteiger partial charge in [-0.05, 0) is 35.4 Å². The molecule has 3 heterocycles. The highest BCUT2D eigenvalue weighted by Gasteiger charge is 2.22. The summed E-state index contributed by atoms with van der Waals surface area (Å²) in [6, 6.07) is 20.1. The summed E-state index contributed by atoms with van der Waals surface area (Å²) in [5.74, 6) is 2.17. The highest BCUT2D eigenvalue weighted by Crippen LogP contribution is 2.32. The van der Waals surface area contributed by atoms with Crippen LogP contribution in [0.4, 0.5) is 5.82 Å². The molecule has 1 saturated heterocycles. The number of fused-ring (bicyclic) bond motifs is 1. The number of hydrogen-bond donors (Lipinski definition) is 2. The SMILES string of the molecule is O=C(NCc1ccc2c(c1)OCO2)c1ccc(N2CCN[C@H](c3ccccc3)C2)nc1. The second kappa shape index (κ2) is 8.65. The molecule has 2 aromatic carbocycles. The number of nitrogens with one attached hydrogen (secondary N) is 2. The Balaban J connectivity index is 1.20. The molecule has 3 aromatic rings. The van der Waals surface area contributed by atoms with Crippen LogP contribution in [0.15, 0.2) is 66.9 Å². The van der Waals surface area contributed by atoms with Gasteiger partial charge in [0.1, 0.15) is 5.82 Å². The van der Waals surface area contributed by atoms with Gasteiger partial charge in [-0.25, -0.2) is 4.98 Å². The number of carbonyl (C=O) groups is 1. The van der Waals surface area contributed by atoms with Crippen molar-refractivity contribution < 1.29 is 14.3 Å². The van der Waals surface area contributed by atoms with Crippen molar-refractivity contribution >= 4 is 11.7 Å². The summed E-state index contributed by atoms with van der Waals surface area (Å²) in [5.41, 5.74) is 2.76. The Bertz CT molecular complexity index is 1060. The van der Waals surface area contributed by atoms with Crippen molar-refractivity contribution in [3.8, 4) is 11.5 Å². The number of benzene rings is 2. The normalized spacial score (nSPS) is 17.4. The van der Waals surface area contributed by atoms with E-state index in [1.54, 1.807) is 6.20 Å². The fraction of sp³-hybridized carbons (Fsp3) is 0.250. The topological polar surface area (TPSA) is 75.7 Å². The van der Waals surface area contributed by atoms with E-state index in [-0.39, 0.29) is 18.7 Å². The van der Waals surface area contributed by atoms with Crippen LogP contribution in [0.3, 0.4) is 0 Å². The van der Waals surface area contributed by atoms with Gasteiger partial charge < -0.3 is 25.0 Å². The second-order valence-electron chi connectivity index (χ2n) is 7.64. The number of amides is 1. The number of rotatable bonds is 5. The smallest absolute Gasteiger partial charge is 0.253 e. The Labute approximate surface area is 181 Å². The maximum Gasteiger partial charge on any atom is 0.253 e. The standard InChI is InChI=1S/C24H24N4O3/c29-24(27-13-17-6-8-21-22(12-17)31-16-30-21)19-7-9-23(26-14-19)28-11-10-25-20(15-28)18-4-2-1-3-5-18/h1-9,12,14,20,25H,10-11,13,15-16H2,(H,27,29)/t20-/m0/s1. The molecule has 31 heavy (non-hydrogen) atoms. The molecule has 7 heteroatoms. The third kappa shape index (κ3) is 4.32. The molecule has 0 saturated carbocycles. The number of pyridine rings is 1. The molecule has 0 bridgehead atoms. The minimum atomic E-state index is -0.154. The zero-order valence-corrected chi connectivity index (χ0v) is 17.1. The van der Waals surface area contributed by atoms with Crippen LogP contribution in [-0.2, 0) is 6.54 Å². The molecule has 2 aliphatic heterocycles. The molecule has 158 valence electrons. The summed E-state index contributed by atoms with van der Waals surface area (Å²) in [5, 5.41) is 6.50. The van der Waals surface area contributed by atoms with Crippen LogP contribution in [0.25, 0.3) is 0 Å². The van der Waals surface area contributed by atoms with E-state index in [1.807, 2.05) is 36.4 Å². The molecule has 0 radical (unpaired) electrons. The summed E-state index contributed by atoms with van der Waals surface area (Å²) >= 11 is 0. The Morgan fingerprint density at radius 2 is 1.97 bits per heavy atom. The molecular weight excluding hydrogens is 392 g/mol. The Hall–Kier alpha value is -3.58. The van der Waals surface area contributed by atoms with Crippen molar-refractivity contribution in [2.45, 2.75) is 12.6 Å². The largest absolute Gasteiger partial charge is 0.454 e. The summed E-state index contributed by atoms with van der Waals surface area (Å²) in [6.07, 6.45) is 1.64. The molecule has 2 N–H and O–H groups in total. The first kappa shape index (κ1) is 19.4. The lowest BCUT2D eigenvalue weighted by molar-refractivity contribution is 0.0950. The van der Waals surface area contributed by atoms with E-state index in [2.05, 4.69) is 44.8 Å². The lowest BCUT2D eigenvalue weighted by atomic mass is 10.0. The zero-order valence-electron chi connectivity index (χ0n) is 17.1. The fourth-order valence-electron chi connectivity index (χ4n) is 3.91. The number of hydrogen-bond acceptors (Lipinski definition) is 6. The van der Waals surface area contributed by atoms with Gasteiger partial charge in [-0.1, -0.05) is 36.4 Å². The van der Waals surface area contributed by atoms with Crippen molar-refractivity contribution in [1.82, 2.24) is 15.6 Å². The molecular formula is C24H24N4O3. The molecule has 1 fully saturated rings. The fourth-order valence-corrected chi connectivity index (χ4v) is 3.91. The number of aromatic nitrogens is 1. The first-order chi connectivity index (χ1) is 15.3. The third-order valence-corrected chi connectivity index (χ3v) is 5.60. The van der Waals surface area contributed by atoms with Gasteiger partial charge in [-0.15, -0.1) is 0 Å². The van der Waals surface area contributed by atoms with E-state index in [0.29, 0.717) is 17.9 Å². The highest BCUT2D eigenvalue weighted by atomic mass is 16.7. The van der Waals surface area contributed by atoms with E-state index >= 15 is 0 Å². The van der Waals surface area contributed by atoms with Gasteiger partial charge in [0.25, 0.3) is 5.91 Å². The van der Waals surface area contributed by atoms with Crippen LogP contribution in [0, 0.1) is 0 Å². The number of piperazine rings is 1. The van der Waals surface area contributed by atoms with E-state index in [0.717, 1.165) is 36.8 Å². The van der Waals surface area contributed by atoms with Crippen molar-refractivity contribution in [2.24, 2.45) is 0 Å². The van der Waals surface area contributed by atoms with Gasteiger partial charge >= 0.3 is 0 Å². The Morgan fingerprint density at radius 1 is 1.10 bits per heavy atom. The average Bonchev–Trinajstić information content (AvgIpc) is 3.31. The van der Waals surface area contributed by atoms with Crippen molar-refractivity contribution in [3.63, 3.8) is 0 Å². The molecule has 0 spiro atoms. The van der Waals surface area contributed by atoms with E-state index in [4.69, 9.17) is 9.47 Å². The molecule has 1 atom stereocenters. The number of carbonyl (C=O) groups excluding carboxylic acids is 1. The third-order valence-electron chi connectivity index (χ3n) is 5.60. The van der Waals surface area contributed by atoms with Crippen LogP contribution in [-0.4, -0.2) is 37.3 Å². The highest BCUT2D eigenvalue weighted by molar-refractivity contribution is 5.94. The maximum absolute atomic E-state index is 12.5. The van der Waals surface area contributed by atoms with Crippen LogP contribution >= 0.6 is 0 Å². The minimum Gasteiger partial charge on any atom is -0.454 e. The monoisotopic (exact) mass is 416 g/mol. The molecule has 7 nitrogen and oxygen atoms in total. The lowest BCUT2D eigenvalue weighted by Gasteiger charge is -2.34. The zero-order chi connectivity index (χ0) is 21.0. The predicted molar refractivity (Wildman–Crippen MR) is 117 cm³/mol. The van der Waals surface area contributed by atoms with E-state index in [9.17, 15) is 4.79 Å². The summed E-state index contributed by atoms with van der Waals surface area (Å²) in [6.45, 7) is 3.26. The van der Waals surface area contributed by atoms with Crippen LogP contribution in [0.5, 0.6) is 11.5 Å². The lowest BCUT2D eigenvalue weighted by Crippen LogP contribution is -2.46. The first-order valence-corrected chi connectivity index (χ1v) is 10.4. The first-order valence-electron chi connectivity index (χ1n) is 10.4. The molecule has 1 aromatic heterocycles. The van der Waals surface area contributed by atoms with Crippen molar-refractivity contribution in [3.05, 3.63) is 83.6 Å². The molecule has 2 aliphatic rings. The predicted octanol–water partition coefficient (Wildman–Crippen LogP) is 2.89. The molecule has 1 amide bonds. The summed E-state index contributed by atoms with van der Waals surface area (Å²) in [4.78, 5) is 19.4. The minimum absolute atomic E-state index is 0.154. The van der Waals surface area contributed by atoms with Gasteiger partial charge in [-0.3, -0.25) is 4.79 Å². The van der Waals surface area contributed by atoms with Crippen LogP contribution in [0.1, 0.15) is 27.5 Å². The van der Waals surface area contributed by atoms with Crippen LogP contribution < -0.4 is 25.0 Å². The Morgan fingerprint density at radius 3 is 2.81 bits per heavy atom. The molecule has 0 unspecified atom stereocenters. The van der Waals surface area contributed by atoms with E-state index in [1.165, 1.54) is 5.56 Å². The van der Waals surface area contributed by atoms with Gasteiger partial charge in [0.2, 0.25) is 6.79 Å². The van der Waals surface area contributed by atoms with Gasteiger partial charge in [-0.2, -0.15) is 0 Å². The number of anilines is 1. The van der Waals surface area contributed by atoms with Crippen molar-refractivity contribution in [2.75, 3.05) is 31.3 Å². The number of ether oxygens (including phenoxy) is 2. The Kier molecular flexibility index (Phi) is 5.41.